The molecule has 0 atom stereocenters. The summed E-state index contributed by atoms with van der Waals surface area (Å²) in [5, 5.41) is 3.85. The summed E-state index contributed by atoms with van der Waals surface area (Å²) < 4.78 is 43.9. The zero-order valence-corrected chi connectivity index (χ0v) is 15.1. The summed E-state index contributed by atoms with van der Waals surface area (Å²) in [6, 6.07) is 15.1. The molecule has 0 amide bonds. The van der Waals surface area contributed by atoms with Crippen LogP contribution in [0.5, 0.6) is 0 Å². The van der Waals surface area contributed by atoms with Gasteiger partial charge in [0.25, 0.3) is 0 Å². The summed E-state index contributed by atoms with van der Waals surface area (Å²) in [5.41, 5.74) is 0.696. The van der Waals surface area contributed by atoms with E-state index in [0.29, 0.717) is 19.0 Å². The van der Waals surface area contributed by atoms with E-state index in [9.17, 15) is 13.2 Å². The van der Waals surface area contributed by atoms with Gasteiger partial charge in [-0.25, -0.2) is 0 Å². The van der Waals surface area contributed by atoms with Crippen LogP contribution in [0.3, 0.4) is 0 Å². The third-order valence-corrected chi connectivity index (χ3v) is 4.21. The highest BCUT2D eigenvalue weighted by Gasteiger charge is 2.30. The zero-order chi connectivity index (χ0) is 19.4. The lowest BCUT2D eigenvalue weighted by atomic mass is 10.1. The van der Waals surface area contributed by atoms with Crippen molar-refractivity contribution in [1.82, 2.24) is 15.0 Å². The van der Waals surface area contributed by atoms with Gasteiger partial charge in [0.1, 0.15) is 0 Å². The number of aromatic nitrogens is 2. The van der Waals surface area contributed by atoms with Gasteiger partial charge >= 0.3 is 6.18 Å². The van der Waals surface area contributed by atoms with Crippen molar-refractivity contribution in [3.8, 4) is 11.4 Å². The van der Waals surface area contributed by atoms with Gasteiger partial charge in [0, 0.05) is 18.2 Å². The van der Waals surface area contributed by atoms with Crippen molar-refractivity contribution < 1.29 is 17.7 Å². The van der Waals surface area contributed by atoms with Crippen LogP contribution in [0.2, 0.25) is 0 Å². The lowest BCUT2D eigenvalue weighted by molar-refractivity contribution is -0.137. The molecule has 142 valence electrons. The monoisotopic (exact) mass is 375 g/mol. The maximum Gasteiger partial charge on any atom is 0.416 e. The van der Waals surface area contributed by atoms with Crippen LogP contribution < -0.4 is 0 Å². The first-order chi connectivity index (χ1) is 12.8. The number of rotatable bonds is 6. The van der Waals surface area contributed by atoms with Crippen LogP contribution in [0.1, 0.15) is 30.9 Å². The van der Waals surface area contributed by atoms with Crippen LogP contribution in [-0.4, -0.2) is 21.1 Å². The summed E-state index contributed by atoms with van der Waals surface area (Å²) in [6.45, 7) is 5.25. The molecule has 0 aliphatic heterocycles. The van der Waals surface area contributed by atoms with Crippen LogP contribution in [0.15, 0.2) is 59.1 Å². The zero-order valence-electron chi connectivity index (χ0n) is 15.1. The van der Waals surface area contributed by atoms with Crippen molar-refractivity contribution in [2.24, 2.45) is 0 Å². The van der Waals surface area contributed by atoms with Gasteiger partial charge in [-0.15, -0.1) is 0 Å². The Morgan fingerprint density at radius 2 is 1.74 bits per heavy atom. The van der Waals surface area contributed by atoms with Crippen molar-refractivity contribution in [2.45, 2.75) is 39.2 Å². The van der Waals surface area contributed by atoms with Crippen LogP contribution >= 0.6 is 0 Å². The van der Waals surface area contributed by atoms with E-state index in [4.69, 9.17) is 4.52 Å². The topological polar surface area (TPSA) is 42.2 Å². The average Bonchev–Trinajstić information content (AvgIpc) is 3.10. The third kappa shape index (κ3) is 4.95. The Morgan fingerprint density at radius 3 is 2.41 bits per heavy atom. The van der Waals surface area contributed by atoms with Gasteiger partial charge < -0.3 is 4.52 Å². The quantitative estimate of drug-likeness (QED) is 0.596. The molecule has 0 N–H and O–H groups in total. The van der Waals surface area contributed by atoms with Crippen molar-refractivity contribution in [1.29, 1.82) is 0 Å². The molecule has 0 aliphatic rings. The summed E-state index contributed by atoms with van der Waals surface area (Å²) in [7, 11) is 0. The van der Waals surface area contributed by atoms with Gasteiger partial charge in [0.2, 0.25) is 11.7 Å². The van der Waals surface area contributed by atoms with E-state index in [0.717, 1.165) is 17.7 Å². The fraction of sp³-hybridized carbons (Fsp3) is 0.300. The predicted molar refractivity (Wildman–Crippen MR) is 95.6 cm³/mol. The molecule has 0 saturated heterocycles. The van der Waals surface area contributed by atoms with Crippen molar-refractivity contribution in [2.75, 3.05) is 0 Å². The molecule has 0 saturated carbocycles. The Bertz CT molecular complexity index is 875. The Kier molecular flexibility index (Phi) is 5.60. The molecule has 3 rings (SSSR count). The molecule has 0 radical (unpaired) electrons. The maximum atomic E-state index is 12.9. The Morgan fingerprint density at radius 1 is 1.00 bits per heavy atom. The van der Waals surface area contributed by atoms with Gasteiger partial charge in [-0.3, -0.25) is 4.90 Å². The van der Waals surface area contributed by atoms with Gasteiger partial charge in [0.15, 0.2) is 0 Å². The van der Waals surface area contributed by atoms with Gasteiger partial charge in [-0.2, -0.15) is 18.2 Å². The maximum absolute atomic E-state index is 12.9. The molecule has 3 aromatic rings. The normalized spacial score (nSPS) is 12.1. The number of nitrogens with zero attached hydrogens (tertiary/aromatic N) is 3. The molecular weight excluding hydrogens is 355 g/mol. The minimum Gasteiger partial charge on any atom is -0.338 e. The molecule has 2 aromatic carbocycles. The molecule has 7 heteroatoms. The molecular formula is C20H20F3N3O. The first kappa shape index (κ1) is 19.1. The lowest BCUT2D eigenvalue weighted by Crippen LogP contribution is -2.29. The fourth-order valence-electron chi connectivity index (χ4n) is 2.68. The van der Waals surface area contributed by atoms with Crippen molar-refractivity contribution >= 4 is 0 Å². The second-order valence-electron chi connectivity index (χ2n) is 6.57. The second-order valence-corrected chi connectivity index (χ2v) is 6.57. The molecule has 27 heavy (non-hydrogen) atoms. The number of halogens is 3. The smallest absolute Gasteiger partial charge is 0.338 e. The van der Waals surface area contributed by atoms with Crippen LogP contribution in [-0.2, 0) is 19.3 Å². The van der Waals surface area contributed by atoms with E-state index < -0.39 is 11.7 Å². The molecule has 4 nitrogen and oxygen atoms in total. The molecule has 1 aromatic heterocycles. The predicted octanol–water partition coefficient (Wildman–Crippen LogP) is 5.17. The average molecular weight is 375 g/mol. The van der Waals surface area contributed by atoms with E-state index in [2.05, 4.69) is 28.9 Å². The summed E-state index contributed by atoms with van der Waals surface area (Å²) in [6.07, 6.45) is -4.41. The van der Waals surface area contributed by atoms with E-state index in [-0.39, 0.29) is 17.4 Å². The van der Waals surface area contributed by atoms with Crippen molar-refractivity contribution in [3.05, 3.63) is 71.6 Å². The minimum atomic E-state index is -4.41. The molecule has 0 aliphatic carbocycles. The first-order valence-electron chi connectivity index (χ1n) is 8.61. The van der Waals surface area contributed by atoms with Gasteiger partial charge in [0.05, 0.1) is 12.1 Å². The Balaban J connectivity index is 1.76. The van der Waals surface area contributed by atoms with Crippen LogP contribution in [0.4, 0.5) is 13.2 Å². The lowest BCUT2D eigenvalue weighted by Gasteiger charge is -2.24. The number of hydrogen-bond donors (Lipinski definition) is 0. The summed E-state index contributed by atoms with van der Waals surface area (Å²) in [5.74, 6) is 0.520. The largest absolute Gasteiger partial charge is 0.416 e. The Labute approximate surface area is 155 Å². The minimum absolute atomic E-state index is 0.152. The van der Waals surface area contributed by atoms with E-state index in [1.807, 2.05) is 30.3 Å². The van der Waals surface area contributed by atoms with Crippen LogP contribution in [0.25, 0.3) is 11.4 Å². The highest BCUT2D eigenvalue weighted by atomic mass is 19.4. The highest BCUT2D eigenvalue weighted by molar-refractivity contribution is 5.55. The summed E-state index contributed by atoms with van der Waals surface area (Å²) in [4.78, 5) is 6.43. The number of alkyl halides is 3. The molecule has 0 spiro atoms. The van der Waals surface area contributed by atoms with Crippen LogP contribution in [0, 0.1) is 0 Å². The fourth-order valence-corrected chi connectivity index (χ4v) is 2.68. The number of hydrogen-bond acceptors (Lipinski definition) is 4. The second kappa shape index (κ2) is 7.92. The van der Waals surface area contributed by atoms with Crippen molar-refractivity contribution in [3.63, 3.8) is 0 Å². The molecule has 0 bridgehead atoms. The number of benzene rings is 2. The molecule has 0 fully saturated rings. The SMILES string of the molecule is CC(C)N(Cc1ccccc1)Cc1nc(-c2cccc(C(F)(F)F)c2)no1. The molecule has 1 heterocycles. The van der Waals surface area contributed by atoms with E-state index >= 15 is 0 Å². The van der Waals surface area contributed by atoms with Gasteiger partial charge in [-0.05, 0) is 31.5 Å². The third-order valence-electron chi connectivity index (χ3n) is 4.21. The van der Waals surface area contributed by atoms with E-state index in [1.165, 1.54) is 12.1 Å². The Hall–Kier alpha value is -2.67. The standard InChI is InChI=1S/C20H20F3N3O/c1-14(2)26(12-15-7-4-3-5-8-15)13-18-24-19(25-27-18)16-9-6-10-17(11-16)20(21,22)23/h3-11,14H,12-13H2,1-2H3. The first-order valence-corrected chi connectivity index (χ1v) is 8.61. The van der Waals surface area contributed by atoms with Gasteiger partial charge in [-0.1, -0.05) is 47.6 Å². The highest BCUT2D eigenvalue weighted by Crippen LogP contribution is 2.31. The summed E-state index contributed by atoms with van der Waals surface area (Å²) >= 11 is 0. The van der Waals surface area contributed by atoms with E-state index in [1.54, 1.807) is 0 Å². The molecule has 0 unspecified atom stereocenters.